The van der Waals surface area contributed by atoms with E-state index < -0.39 is 5.97 Å². The van der Waals surface area contributed by atoms with Gasteiger partial charge < -0.3 is 29.6 Å². The van der Waals surface area contributed by atoms with Gasteiger partial charge in [-0.1, -0.05) is 23.9 Å². The number of carbonyl (C=O) groups is 3. The second-order valence-corrected chi connectivity index (χ2v) is 10.6. The van der Waals surface area contributed by atoms with Crippen LogP contribution in [-0.4, -0.2) is 66.2 Å². The third kappa shape index (κ3) is 7.73. The fraction of sp³-hybridized carbons (Fsp3) is 0.281. The summed E-state index contributed by atoms with van der Waals surface area (Å²) in [4.78, 5) is 37.9. The van der Waals surface area contributed by atoms with Crippen molar-refractivity contribution in [3.05, 3.63) is 82.7 Å². The predicted octanol–water partition coefficient (Wildman–Crippen LogP) is 4.75. The Morgan fingerprint density at radius 3 is 2.20 bits per heavy atom. The van der Waals surface area contributed by atoms with Crippen LogP contribution in [-0.2, 0) is 16.1 Å². The maximum atomic E-state index is 13.2. The predicted molar refractivity (Wildman–Crippen MR) is 170 cm³/mol. The normalized spacial score (nSPS) is 10.6. The molecule has 0 aliphatic heterocycles. The number of ether oxygens (including phenoxy) is 4. The van der Waals surface area contributed by atoms with Crippen LogP contribution in [0.4, 0.5) is 5.69 Å². The number of nitrogens with zero attached hydrogens (tertiary/aromatic N) is 3. The van der Waals surface area contributed by atoms with Gasteiger partial charge in [0.1, 0.15) is 0 Å². The molecule has 0 saturated carbocycles. The van der Waals surface area contributed by atoms with Crippen LogP contribution in [0.3, 0.4) is 0 Å². The highest BCUT2D eigenvalue weighted by Gasteiger charge is 2.21. The molecule has 13 heteroatoms. The first-order valence-corrected chi connectivity index (χ1v) is 15.0. The number of rotatable bonds is 13. The summed E-state index contributed by atoms with van der Waals surface area (Å²) in [6.45, 7) is 6.06. The van der Waals surface area contributed by atoms with Gasteiger partial charge in [-0.15, -0.1) is 10.2 Å². The molecule has 0 saturated heterocycles. The molecule has 0 bridgehead atoms. The van der Waals surface area contributed by atoms with Gasteiger partial charge in [0.2, 0.25) is 11.7 Å². The minimum absolute atomic E-state index is 0.0421. The number of thioether (sulfide) groups is 1. The van der Waals surface area contributed by atoms with Gasteiger partial charge in [0.25, 0.3) is 5.91 Å². The highest BCUT2D eigenvalue weighted by Crippen LogP contribution is 2.38. The highest BCUT2D eigenvalue weighted by molar-refractivity contribution is 7.99. The van der Waals surface area contributed by atoms with Gasteiger partial charge in [-0.3, -0.25) is 14.2 Å². The van der Waals surface area contributed by atoms with Gasteiger partial charge in [-0.05, 0) is 74.4 Å². The summed E-state index contributed by atoms with van der Waals surface area (Å²) in [5.74, 6) is 0.532. The average molecular weight is 634 g/mol. The van der Waals surface area contributed by atoms with E-state index in [4.69, 9.17) is 18.9 Å². The van der Waals surface area contributed by atoms with Crippen molar-refractivity contribution in [2.75, 3.05) is 39.0 Å². The number of aromatic nitrogens is 3. The monoisotopic (exact) mass is 633 g/mol. The molecule has 0 atom stereocenters. The lowest BCUT2D eigenvalue weighted by atomic mass is 10.1. The van der Waals surface area contributed by atoms with E-state index in [-0.39, 0.29) is 30.7 Å². The Hall–Kier alpha value is -5.04. The van der Waals surface area contributed by atoms with E-state index in [0.717, 1.165) is 16.8 Å². The van der Waals surface area contributed by atoms with E-state index in [0.29, 0.717) is 45.0 Å². The summed E-state index contributed by atoms with van der Waals surface area (Å²) in [7, 11) is 4.45. The Bertz CT molecular complexity index is 1660. The lowest BCUT2D eigenvalue weighted by Crippen LogP contribution is -2.25. The average Bonchev–Trinajstić information content (AvgIpc) is 3.45. The van der Waals surface area contributed by atoms with Crippen LogP contribution in [0.1, 0.15) is 44.6 Å². The number of amides is 2. The molecular weight excluding hydrogens is 598 g/mol. The molecule has 4 aromatic rings. The number of carbonyl (C=O) groups excluding carboxylic acids is 3. The quantitative estimate of drug-likeness (QED) is 0.156. The van der Waals surface area contributed by atoms with Crippen LogP contribution in [0.15, 0.2) is 59.8 Å². The first-order valence-electron chi connectivity index (χ1n) is 14.0. The van der Waals surface area contributed by atoms with Gasteiger partial charge in [-0.2, -0.15) is 0 Å². The number of anilines is 1. The number of aryl methyl sites for hydroxylation is 1. The molecular formula is C32H35N5O7S. The number of hydrogen-bond donors (Lipinski definition) is 2. The molecule has 0 fully saturated rings. The summed E-state index contributed by atoms with van der Waals surface area (Å²) >= 11 is 1.21. The third-order valence-electron chi connectivity index (χ3n) is 6.86. The van der Waals surface area contributed by atoms with Crippen LogP contribution in [0, 0.1) is 13.8 Å². The lowest BCUT2D eigenvalue weighted by molar-refractivity contribution is -0.113. The van der Waals surface area contributed by atoms with Gasteiger partial charge >= 0.3 is 5.97 Å². The van der Waals surface area contributed by atoms with Gasteiger partial charge in [-0.25, -0.2) is 4.79 Å². The molecule has 0 aliphatic carbocycles. The molecule has 3 aromatic carbocycles. The van der Waals surface area contributed by atoms with Crippen LogP contribution in [0.25, 0.3) is 5.69 Å². The Kier molecular flexibility index (Phi) is 11.0. The number of hydrogen-bond acceptors (Lipinski definition) is 10. The smallest absolute Gasteiger partial charge is 0.338 e. The minimum Gasteiger partial charge on any atom is -0.493 e. The van der Waals surface area contributed by atoms with Crippen LogP contribution < -0.4 is 24.8 Å². The number of benzene rings is 3. The van der Waals surface area contributed by atoms with E-state index in [1.54, 1.807) is 43.3 Å². The molecule has 1 heterocycles. The maximum absolute atomic E-state index is 13.2. The van der Waals surface area contributed by atoms with Crippen molar-refractivity contribution in [1.29, 1.82) is 0 Å². The molecule has 0 unspecified atom stereocenters. The summed E-state index contributed by atoms with van der Waals surface area (Å²) < 4.78 is 22.9. The van der Waals surface area contributed by atoms with Gasteiger partial charge in [0.15, 0.2) is 22.5 Å². The number of nitrogens with one attached hydrogen (secondary N) is 2. The first kappa shape index (κ1) is 32.9. The van der Waals surface area contributed by atoms with Crippen molar-refractivity contribution < 1.29 is 33.3 Å². The molecule has 0 radical (unpaired) electrons. The zero-order valence-corrected chi connectivity index (χ0v) is 26.7. The zero-order valence-electron chi connectivity index (χ0n) is 25.9. The Labute approximate surface area is 265 Å². The largest absolute Gasteiger partial charge is 0.493 e. The van der Waals surface area contributed by atoms with E-state index >= 15 is 0 Å². The Balaban J connectivity index is 1.52. The molecule has 4 rings (SSSR count). The molecule has 236 valence electrons. The third-order valence-corrected chi connectivity index (χ3v) is 7.79. The standard InChI is InChI=1S/C32H35N5O7S/c1-7-44-31(40)21-11-13-23(14-12-21)34-28(38)18-45-32-36-35-27(37(32)24-10-8-9-19(2)20(24)3)17-33-30(39)22-15-25(41-4)29(43-6)26(16-22)42-5/h8-16H,7,17-18H2,1-6H3,(H,33,39)(H,34,38). The molecule has 0 aliphatic rings. The summed E-state index contributed by atoms with van der Waals surface area (Å²) in [6, 6.07) is 15.5. The minimum atomic E-state index is -0.424. The van der Waals surface area contributed by atoms with Crippen molar-refractivity contribution in [1.82, 2.24) is 20.1 Å². The van der Waals surface area contributed by atoms with Crippen molar-refractivity contribution in [3.8, 4) is 22.9 Å². The van der Waals surface area contributed by atoms with Crippen molar-refractivity contribution in [3.63, 3.8) is 0 Å². The van der Waals surface area contributed by atoms with Crippen LogP contribution in [0.2, 0.25) is 0 Å². The summed E-state index contributed by atoms with van der Waals surface area (Å²) in [6.07, 6.45) is 0. The SMILES string of the molecule is CCOC(=O)c1ccc(NC(=O)CSc2nnc(CNC(=O)c3cc(OC)c(OC)c(OC)c3)n2-c2cccc(C)c2C)cc1. The molecule has 1 aromatic heterocycles. The fourth-order valence-electron chi connectivity index (χ4n) is 4.43. The van der Waals surface area contributed by atoms with E-state index in [9.17, 15) is 14.4 Å². The fourth-order valence-corrected chi connectivity index (χ4v) is 5.20. The molecule has 45 heavy (non-hydrogen) atoms. The lowest BCUT2D eigenvalue weighted by Gasteiger charge is -2.16. The highest BCUT2D eigenvalue weighted by atomic mass is 32.2. The summed E-state index contributed by atoms with van der Waals surface area (Å²) in [5.41, 5.74) is 4.14. The van der Waals surface area contributed by atoms with E-state index in [2.05, 4.69) is 20.8 Å². The molecule has 2 N–H and O–H groups in total. The van der Waals surface area contributed by atoms with Crippen molar-refractivity contribution in [2.45, 2.75) is 32.5 Å². The van der Waals surface area contributed by atoms with Crippen LogP contribution >= 0.6 is 11.8 Å². The number of methoxy groups -OCH3 is 3. The van der Waals surface area contributed by atoms with E-state index in [1.807, 2.05) is 36.6 Å². The summed E-state index contributed by atoms with van der Waals surface area (Å²) in [5, 5.41) is 14.9. The number of esters is 1. The molecule has 2 amide bonds. The first-order chi connectivity index (χ1) is 21.7. The van der Waals surface area contributed by atoms with E-state index in [1.165, 1.54) is 33.1 Å². The second kappa shape index (κ2) is 15.1. The Morgan fingerprint density at radius 2 is 1.58 bits per heavy atom. The van der Waals surface area contributed by atoms with Gasteiger partial charge in [0.05, 0.1) is 51.5 Å². The Morgan fingerprint density at radius 1 is 0.889 bits per heavy atom. The van der Waals surface area contributed by atoms with Crippen LogP contribution in [0.5, 0.6) is 17.2 Å². The maximum Gasteiger partial charge on any atom is 0.338 e. The zero-order chi connectivity index (χ0) is 32.5. The topological polar surface area (TPSA) is 143 Å². The van der Waals surface area contributed by atoms with Crippen molar-refractivity contribution in [2.24, 2.45) is 0 Å². The second-order valence-electron chi connectivity index (χ2n) is 9.68. The molecule has 0 spiro atoms. The van der Waals surface area contributed by atoms with Crippen molar-refractivity contribution >= 4 is 35.2 Å². The van der Waals surface area contributed by atoms with Gasteiger partial charge in [0, 0.05) is 11.3 Å². The molecule has 12 nitrogen and oxygen atoms in total.